The zero-order valence-corrected chi connectivity index (χ0v) is 16.0. The molecule has 28 heavy (non-hydrogen) atoms. The quantitative estimate of drug-likeness (QED) is 0.596. The molecule has 8 heteroatoms. The number of ketones is 1. The maximum absolute atomic E-state index is 12.8. The topological polar surface area (TPSA) is 95.6 Å². The van der Waals surface area contributed by atoms with E-state index in [-0.39, 0.29) is 5.78 Å². The Morgan fingerprint density at radius 2 is 1.68 bits per heavy atom. The van der Waals surface area contributed by atoms with Gasteiger partial charge in [-0.1, -0.05) is 23.7 Å². The van der Waals surface area contributed by atoms with Crippen molar-refractivity contribution >= 4 is 40.9 Å². The zero-order valence-electron chi connectivity index (χ0n) is 15.3. The van der Waals surface area contributed by atoms with Crippen molar-refractivity contribution in [3.05, 3.63) is 64.7 Å². The second-order valence-electron chi connectivity index (χ2n) is 6.64. The third kappa shape index (κ3) is 3.75. The van der Waals surface area contributed by atoms with E-state index in [4.69, 9.17) is 11.6 Å². The number of anilines is 1. The smallest absolute Gasteiger partial charge is 0.325 e. The molecule has 0 spiro atoms. The van der Waals surface area contributed by atoms with E-state index in [1.54, 1.807) is 55.5 Å². The van der Waals surface area contributed by atoms with E-state index < -0.39 is 29.9 Å². The Hall–Kier alpha value is -3.19. The highest BCUT2D eigenvalue weighted by Gasteiger charge is 2.49. The summed E-state index contributed by atoms with van der Waals surface area (Å²) in [7, 11) is 0. The highest BCUT2D eigenvalue weighted by Crippen LogP contribution is 2.29. The molecule has 1 aliphatic rings. The number of hydrogen-bond donors (Lipinski definition) is 2. The Labute approximate surface area is 166 Å². The zero-order chi connectivity index (χ0) is 20.5. The highest BCUT2D eigenvalue weighted by atomic mass is 35.5. The Kier molecular flexibility index (Phi) is 5.20. The number of carbonyl (C=O) groups excluding carboxylic acids is 4. The largest absolute Gasteiger partial charge is 0.325 e. The van der Waals surface area contributed by atoms with Gasteiger partial charge in [0.15, 0.2) is 5.78 Å². The number of hydrogen-bond acceptors (Lipinski definition) is 4. The van der Waals surface area contributed by atoms with Crippen molar-refractivity contribution in [1.29, 1.82) is 0 Å². The van der Waals surface area contributed by atoms with E-state index in [1.807, 2.05) is 0 Å². The summed E-state index contributed by atoms with van der Waals surface area (Å²) in [5.74, 6) is -1.14. The molecule has 0 radical (unpaired) electrons. The first-order valence-corrected chi connectivity index (χ1v) is 8.89. The van der Waals surface area contributed by atoms with Crippen molar-refractivity contribution in [2.45, 2.75) is 19.4 Å². The molecule has 144 valence electrons. The molecule has 0 aromatic heterocycles. The third-order valence-electron chi connectivity index (χ3n) is 4.57. The van der Waals surface area contributed by atoms with Crippen molar-refractivity contribution < 1.29 is 19.2 Å². The molecule has 1 heterocycles. The first-order chi connectivity index (χ1) is 13.2. The minimum atomic E-state index is -1.27. The molecule has 0 saturated carbocycles. The van der Waals surface area contributed by atoms with Crippen molar-refractivity contribution in [3.63, 3.8) is 0 Å². The number of benzene rings is 2. The number of amides is 4. The van der Waals surface area contributed by atoms with E-state index >= 15 is 0 Å². The van der Waals surface area contributed by atoms with Crippen LogP contribution >= 0.6 is 11.6 Å². The van der Waals surface area contributed by atoms with Gasteiger partial charge >= 0.3 is 6.03 Å². The van der Waals surface area contributed by atoms with Crippen molar-refractivity contribution in [2.24, 2.45) is 0 Å². The molecule has 1 fully saturated rings. The van der Waals surface area contributed by atoms with Crippen LogP contribution in [0.5, 0.6) is 0 Å². The second-order valence-corrected chi connectivity index (χ2v) is 7.07. The molecule has 0 bridgehead atoms. The summed E-state index contributed by atoms with van der Waals surface area (Å²) in [5, 5.41) is 5.75. The van der Waals surface area contributed by atoms with Crippen LogP contribution in [0.15, 0.2) is 48.5 Å². The van der Waals surface area contributed by atoms with Crippen molar-refractivity contribution in [1.82, 2.24) is 10.2 Å². The lowest BCUT2D eigenvalue weighted by Gasteiger charge is -2.22. The summed E-state index contributed by atoms with van der Waals surface area (Å²) >= 11 is 5.88. The number of Topliss-reactive ketones (excluding diaryl/α,β-unsaturated/α-hetero) is 1. The summed E-state index contributed by atoms with van der Waals surface area (Å²) in [6.45, 7) is 2.60. The standard InChI is InChI=1S/C20H18ClN3O4/c1-12(25)13-3-9-16(10-4-13)22-17(26)11-24-18(27)20(2,23-19(24)28)14-5-7-15(21)8-6-14/h3-10H,11H2,1-2H3,(H,22,26)(H,23,28). The lowest BCUT2D eigenvalue weighted by Crippen LogP contribution is -2.42. The van der Waals surface area contributed by atoms with Gasteiger partial charge in [-0.05, 0) is 55.8 Å². The fraction of sp³-hybridized carbons (Fsp3) is 0.200. The van der Waals surface area contributed by atoms with Gasteiger partial charge in [0.1, 0.15) is 12.1 Å². The summed E-state index contributed by atoms with van der Waals surface area (Å²) in [6.07, 6.45) is 0. The lowest BCUT2D eigenvalue weighted by atomic mass is 9.92. The van der Waals surface area contributed by atoms with Gasteiger partial charge in [-0.2, -0.15) is 0 Å². The van der Waals surface area contributed by atoms with Crippen molar-refractivity contribution in [3.8, 4) is 0 Å². The minimum absolute atomic E-state index is 0.0845. The SMILES string of the molecule is CC(=O)c1ccc(NC(=O)CN2C(=O)NC(C)(c3ccc(Cl)cc3)C2=O)cc1. The fourth-order valence-electron chi connectivity index (χ4n) is 2.95. The normalized spacial score (nSPS) is 18.8. The predicted molar refractivity (Wildman–Crippen MR) is 104 cm³/mol. The van der Waals surface area contributed by atoms with Crippen LogP contribution in [0.3, 0.4) is 0 Å². The number of nitrogens with one attached hydrogen (secondary N) is 2. The number of imide groups is 1. The Morgan fingerprint density at radius 3 is 2.25 bits per heavy atom. The fourth-order valence-corrected chi connectivity index (χ4v) is 3.08. The number of rotatable bonds is 5. The predicted octanol–water partition coefficient (Wildman–Crippen LogP) is 2.95. The van der Waals surface area contributed by atoms with E-state index in [2.05, 4.69) is 10.6 Å². The monoisotopic (exact) mass is 399 g/mol. The lowest BCUT2D eigenvalue weighted by molar-refractivity contribution is -0.133. The molecule has 4 amide bonds. The van der Waals surface area contributed by atoms with Gasteiger partial charge in [0.05, 0.1) is 0 Å². The van der Waals surface area contributed by atoms with Crippen LogP contribution in [0.4, 0.5) is 10.5 Å². The number of carbonyl (C=O) groups is 4. The molecule has 1 saturated heterocycles. The molecule has 1 unspecified atom stereocenters. The summed E-state index contributed by atoms with van der Waals surface area (Å²) in [6, 6.07) is 12.2. The summed E-state index contributed by atoms with van der Waals surface area (Å²) < 4.78 is 0. The molecule has 1 aliphatic heterocycles. The van der Waals surface area contributed by atoms with Crippen LogP contribution < -0.4 is 10.6 Å². The van der Waals surface area contributed by atoms with Gasteiger partial charge in [-0.15, -0.1) is 0 Å². The molecule has 0 aliphatic carbocycles. The average Bonchev–Trinajstić information content (AvgIpc) is 2.86. The third-order valence-corrected chi connectivity index (χ3v) is 4.83. The molecular weight excluding hydrogens is 382 g/mol. The number of urea groups is 1. The first-order valence-electron chi connectivity index (χ1n) is 8.52. The Balaban J connectivity index is 1.70. The van der Waals surface area contributed by atoms with E-state index in [0.29, 0.717) is 21.8 Å². The first kappa shape index (κ1) is 19.6. The molecule has 2 aromatic rings. The van der Waals surface area contributed by atoms with Crippen LogP contribution in [0, 0.1) is 0 Å². The van der Waals surface area contributed by atoms with Crippen LogP contribution in [-0.4, -0.2) is 35.1 Å². The van der Waals surface area contributed by atoms with E-state index in [9.17, 15) is 19.2 Å². The maximum atomic E-state index is 12.8. The Morgan fingerprint density at radius 1 is 1.07 bits per heavy atom. The maximum Gasteiger partial charge on any atom is 0.325 e. The van der Waals surface area contributed by atoms with E-state index in [0.717, 1.165) is 4.90 Å². The summed E-state index contributed by atoms with van der Waals surface area (Å²) in [5.41, 5.74) is 0.275. The highest BCUT2D eigenvalue weighted by molar-refractivity contribution is 6.30. The number of nitrogens with zero attached hydrogens (tertiary/aromatic N) is 1. The van der Waals surface area contributed by atoms with Gasteiger partial charge in [-0.3, -0.25) is 19.3 Å². The van der Waals surface area contributed by atoms with Gasteiger partial charge in [0, 0.05) is 16.3 Å². The molecule has 1 atom stereocenters. The van der Waals surface area contributed by atoms with Gasteiger partial charge in [0.25, 0.3) is 5.91 Å². The second kappa shape index (κ2) is 7.44. The summed E-state index contributed by atoms with van der Waals surface area (Å²) in [4.78, 5) is 49.6. The molecule has 2 aromatic carbocycles. The van der Waals surface area contributed by atoms with Crippen LogP contribution in [0.25, 0.3) is 0 Å². The molecule has 3 rings (SSSR count). The van der Waals surface area contributed by atoms with E-state index in [1.165, 1.54) is 6.92 Å². The Bertz CT molecular complexity index is 956. The van der Waals surface area contributed by atoms with Crippen LogP contribution in [-0.2, 0) is 15.1 Å². The van der Waals surface area contributed by atoms with Crippen LogP contribution in [0.2, 0.25) is 5.02 Å². The van der Waals surface area contributed by atoms with Crippen molar-refractivity contribution in [2.75, 3.05) is 11.9 Å². The van der Waals surface area contributed by atoms with Gasteiger partial charge < -0.3 is 10.6 Å². The van der Waals surface area contributed by atoms with Gasteiger partial charge in [-0.25, -0.2) is 4.79 Å². The average molecular weight is 400 g/mol. The van der Waals surface area contributed by atoms with Gasteiger partial charge in [0.2, 0.25) is 5.91 Å². The molecule has 2 N–H and O–H groups in total. The number of halogens is 1. The molecule has 7 nitrogen and oxygen atoms in total. The van der Waals surface area contributed by atoms with Crippen LogP contribution in [0.1, 0.15) is 29.8 Å². The molecular formula is C20H18ClN3O4. The minimum Gasteiger partial charge on any atom is -0.325 e.